The van der Waals surface area contributed by atoms with E-state index in [0.29, 0.717) is 5.92 Å². The monoisotopic (exact) mass is 460 g/mol. The molecule has 0 aliphatic carbocycles. The van der Waals surface area contributed by atoms with Crippen molar-refractivity contribution in [3.8, 4) is 0 Å². The molecule has 0 amide bonds. The molecule has 2 nitrogen and oxygen atoms in total. The van der Waals surface area contributed by atoms with Crippen LogP contribution < -0.4 is 0 Å². The van der Waals surface area contributed by atoms with Crippen LogP contribution in [0.5, 0.6) is 0 Å². The van der Waals surface area contributed by atoms with Crippen LogP contribution in [-0.4, -0.2) is 28.6 Å². The van der Waals surface area contributed by atoms with E-state index in [-0.39, 0.29) is 5.66 Å². The van der Waals surface area contributed by atoms with Crippen molar-refractivity contribution in [1.29, 1.82) is 0 Å². The molecule has 0 N–H and O–H groups in total. The molecule has 0 radical (unpaired) electrons. The quantitative estimate of drug-likeness (QED) is 0.231. The van der Waals surface area contributed by atoms with Crippen LogP contribution in [0.15, 0.2) is 73.1 Å². The van der Waals surface area contributed by atoms with E-state index in [2.05, 4.69) is 104 Å². The number of hydrogen-bond acceptors (Lipinski definition) is 2. The minimum atomic E-state index is -0.0472. The highest BCUT2D eigenvalue weighted by Crippen LogP contribution is 2.45. The highest BCUT2D eigenvalue weighted by atomic mass is 15.4. The van der Waals surface area contributed by atoms with E-state index in [0.717, 1.165) is 25.9 Å². The molecule has 1 heterocycles. The summed E-state index contributed by atoms with van der Waals surface area (Å²) >= 11 is 0. The SMILES string of the molecule is CCCCCCCN1C=CN(CCCCCC)C1(Cc1ccccc1)C(CC)c1ccccc1. The third-order valence-corrected chi connectivity index (χ3v) is 7.65. The molecule has 2 atom stereocenters. The van der Waals surface area contributed by atoms with Crippen molar-refractivity contribution in [2.75, 3.05) is 13.1 Å². The Balaban J connectivity index is 1.96. The minimum absolute atomic E-state index is 0.0472. The van der Waals surface area contributed by atoms with E-state index < -0.39 is 0 Å². The maximum absolute atomic E-state index is 2.73. The van der Waals surface area contributed by atoms with Gasteiger partial charge in [0.15, 0.2) is 0 Å². The molecule has 0 fully saturated rings. The average Bonchev–Trinajstić information content (AvgIpc) is 3.20. The van der Waals surface area contributed by atoms with Crippen LogP contribution in [0.3, 0.4) is 0 Å². The van der Waals surface area contributed by atoms with Crippen molar-refractivity contribution >= 4 is 0 Å². The van der Waals surface area contributed by atoms with Gasteiger partial charge in [-0.1, -0.05) is 126 Å². The normalized spacial score (nSPS) is 18.6. The number of benzene rings is 2. The standard InChI is InChI=1S/C32H48N2/c1-4-7-9-11-19-25-34-27-26-33(24-18-10-8-5-2)32(34,28-29-20-14-12-15-21-29)31(6-3)30-22-16-13-17-23-30/h12-17,20-23,26-27,31H,4-11,18-19,24-25,28H2,1-3H3. The first-order valence-electron chi connectivity index (χ1n) is 14.1. The Bertz CT molecular complexity index is 815. The van der Waals surface area contributed by atoms with Crippen molar-refractivity contribution < 1.29 is 0 Å². The molecule has 34 heavy (non-hydrogen) atoms. The van der Waals surface area contributed by atoms with Gasteiger partial charge in [0.2, 0.25) is 0 Å². The Morgan fingerprint density at radius 2 is 1.12 bits per heavy atom. The van der Waals surface area contributed by atoms with E-state index >= 15 is 0 Å². The fourth-order valence-electron chi connectivity index (χ4n) is 5.85. The molecule has 1 aliphatic heterocycles. The molecule has 2 unspecified atom stereocenters. The predicted molar refractivity (Wildman–Crippen MR) is 148 cm³/mol. The molecule has 0 bridgehead atoms. The van der Waals surface area contributed by atoms with Gasteiger partial charge < -0.3 is 9.80 Å². The van der Waals surface area contributed by atoms with E-state index in [1.54, 1.807) is 0 Å². The summed E-state index contributed by atoms with van der Waals surface area (Å²) in [6, 6.07) is 22.5. The third kappa shape index (κ3) is 6.68. The molecule has 1 aliphatic rings. The van der Waals surface area contributed by atoms with Gasteiger partial charge in [-0.2, -0.15) is 0 Å². The van der Waals surface area contributed by atoms with Crippen LogP contribution in [0, 0.1) is 0 Å². The van der Waals surface area contributed by atoms with Crippen molar-refractivity contribution in [3.63, 3.8) is 0 Å². The zero-order valence-corrected chi connectivity index (χ0v) is 22.1. The van der Waals surface area contributed by atoms with E-state index in [1.165, 1.54) is 68.9 Å². The van der Waals surface area contributed by atoms with Crippen LogP contribution >= 0.6 is 0 Å². The van der Waals surface area contributed by atoms with E-state index in [4.69, 9.17) is 0 Å². The second-order valence-corrected chi connectivity index (χ2v) is 10.1. The Morgan fingerprint density at radius 3 is 1.65 bits per heavy atom. The fraction of sp³-hybridized carbons (Fsp3) is 0.562. The van der Waals surface area contributed by atoms with Crippen LogP contribution in [0.4, 0.5) is 0 Å². The van der Waals surface area contributed by atoms with Crippen LogP contribution in [0.1, 0.15) is 102 Å². The second kappa shape index (κ2) is 14.2. The van der Waals surface area contributed by atoms with Gasteiger partial charge >= 0.3 is 0 Å². The highest BCUT2D eigenvalue weighted by Gasteiger charge is 2.49. The summed E-state index contributed by atoms with van der Waals surface area (Å²) in [5.74, 6) is 0.450. The molecule has 0 aromatic heterocycles. The number of nitrogens with zero attached hydrogens (tertiary/aromatic N) is 2. The van der Waals surface area contributed by atoms with Crippen molar-refractivity contribution in [1.82, 2.24) is 9.80 Å². The van der Waals surface area contributed by atoms with Gasteiger partial charge in [-0.25, -0.2) is 0 Å². The van der Waals surface area contributed by atoms with Gasteiger partial charge in [0, 0.05) is 37.8 Å². The van der Waals surface area contributed by atoms with Gasteiger partial charge in [0.05, 0.1) is 0 Å². The Labute approximate surface area is 210 Å². The molecule has 0 spiro atoms. The lowest BCUT2D eigenvalue weighted by atomic mass is 9.78. The summed E-state index contributed by atoms with van der Waals surface area (Å²) in [7, 11) is 0. The fourth-order valence-corrected chi connectivity index (χ4v) is 5.85. The summed E-state index contributed by atoms with van der Waals surface area (Å²) in [5.41, 5.74) is 2.86. The van der Waals surface area contributed by atoms with Crippen LogP contribution in [-0.2, 0) is 6.42 Å². The largest absolute Gasteiger partial charge is 0.353 e. The number of rotatable bonds is 16. The first kappa shape index (κ1) is 26.4. The van der Waals surface area contributed by atoms with Gasteiger partial charge in [-0.15, -0.1) is 0 Å². The highest BCUT2D eigenvalue weighted by molar-refractivity contribution is 5.30. The van der Waals surface area contributed by atoms with E-state index in [9.17, 15) is 0 Å². The van der Waals surface area contributed by atoms with Crippen LogP contribution in [0.25, 0.3) is 0 Å². The lowest BCUT2D eigenvalue weighted by Gasteiger charge is -2.51. The van der Waals surface area contributed by atoms with Gasteiger partial charge in [-0.3, -0.25) is 0 Å². The van der Waals surface area contributed by atoms with E-state index in [1.807, 2.05) is 0 Å². The number of unbranched alkanes of at least 4 members (excludes halogenated alkanes) is 7. The van der Waals surface area contributed by atoms with Gasteiger partial charge in [0.25, 0.3) is 0 Å². The molecule has 2 aromatic rings. The Kier molecular flexibility index (Phi) is 11.1. The molecular weight excluding hydrogens is 412 g/mol. The molecule has 0 saturated heterocycles. The maximum Gasteiger partial charge on any atom is 0.123 e. The summed E-state index contributed by atoms with van der Waals surface area (Å²) < 4.78 is 0. The first-order valence-corrected chi connectivity index (χ1v) is 14.1. The topological polar surface area (TPSA) is 6.48 Å². The molecule has 3 rings (SSSR count). The smallest absolute Gasteiger partial charge is 0.123 e. The molecule has 2 aromatic carbocycles. The second-order valence-electron chi connectivity index (χ2n) is 10.1. The van der Waals surface area contributed by atoms with Gasteiger partial charge in [-0.05, 0) is 30.4 Å². The molecular formula is C32H48N2. The zero-order valence-electron chi connectivity index (χ0n) is 22.1. The lowest BCUT2D eigenvalue weighted by Crippen LogP contribution is -2.59. The van der Waals surface area contributed by atoms with Crippen molar-refractivity contribution in [2.45, 2.75) is 103 Å². The molecule has 186 valence electrons. The maximum atomic E-state index is 2.73. The zero-order chi connectivity index (χ0) is 24.1. The summed E-state index contributed by atoms with van der Waals surface area (Å²) in [5, 5.41) is 0. The van der Waals surface area contributed by atoms with Gasteiger partial charge in [0.1, 0.15) is 5.66 Å². The molecule has 0 saturated carbocycles. The molecule has 2 heteroatoms. The third-order valence-electron chi connectivity index (χ3n) is 7.65. The predicted octanol–water partition coefficient (Wildman–Crippen LogP) is 8.76. The first-order chi connectivity index (χ1) is 16.8. The van der Waals surface area contributed by atoms with Crippen LogP contribution in [0.2, 0.25) is 0 Å². The number of hydrogen-bond donors (Lipinski definition) is 0. The average molecular weight is 461 g/mol. The minimum Gasteiger partial charge on any atom is -0.353 e. The summed E-state index contributed by atoms with van der Waals surface area (Å²) in [6.07, 6.45) is 18.9. The van der Waals surface area contributed by atoms with Crippen molar-refractivity contribution in [2.24, 2.45) is 0 Å². The van der Waals surface area contributed by atoms with Crippen molar-refractivity contribution in [3.05, 3.63) is 84.2 Å². The summed E-state index contributed by atoms with van der Waals surface area (Å²) in [6.45, 7) is 9.27. The Morgan fingerprint density at radius 1 is 0.618 bits per heavy atom. The summed E-state index contributed by atoms with van der Waals surface area (Å²) in [4.78, 5) is 5.45. The lowest BCUT2D eigenvalue weighted by molar-refractivity contribution is -0.00376. The Hall–Kier alpha value is -2.22.